The monoisotopic (exact) mass is 1020 g/mol. The SMILES string of the molecule is CC(C)(C)c1ccc2c(c1)B1c3cc(-c4cccc5oc6ccccc6c45)ccc3N(c3ccc(-c4cccc5oc6ccccc6c45)cc3)c3cc(C(C)(C)C)cc(c31)N2c1ccc(-c2ccccc2)cc1-c1ccccc1. The fraction of sp³-hybridized carbons (Fsp3) is 0.108. The van der Waals surface area contributed by atoms with Crippen LogP contribution in [0.1, 0.15) is 52.7 Å². The predicted molar refractivity (Wildman–Crippen MR) is 334 cm³/mol. The van der Waals surface area contributed by atoms with Crippen LogP contribution < -0.4 is 26.2 Å². The molecule has 15 rings (SSSR count). The Balaban J connectivity index is 1.02. The molecule has 2 aliphatic rings. The molecule has 0 saturated heterocycles. The van der Waals surface area contributed by atoms with Crippen LogP contribution in [-0.2, 0) is 10.8 Å². The molecule has 4 heterocycles. The molecule has 0 unspecified atom stereocenters. The normalized spacial score (nSPS) is 13.1. The Morgan fingerprint density at radius 2 is 0.797 bits per heavy atom. The van der Waals surface area contributed by atoms with Crippen LogP contribution in [0.25, 0.3) is 88.4 Å². The molecule has 378 valence electrons. The van der Waals surface area contributed by atoms with Crippen molar-refractivity contribution in [2.24, 2.45) is 0 Å². The minimum Gasteiger partial charge on any atom is -0.456 e. The molecule has 0 fully saturated rings. The summed E-state index contributed by atoms with van der Waals surface area (Å²) in [6.45, 7) is 13.9. The molecule has 0 bridgehead atoms. The highest BCUT2D eigenvalue weighted by atomic mass is 16.3. The Hall–Kier alpha value is -9.32. The van der Waals surface area contributed by atoms with Gasteiger partial charge in [0.15, 0.2) is 0 Å². The lowest BCUT2D eigenvalue weighted by molar-refractivity contribution is 0.590. The Kier molecular flexibility index (Phi) is 10.5. The van der Waals surface area contributed by atoms with Crippen molar-refractivity contribution in [2.75, 3.05) is 9.80 Å². The van der Waals surface area contributed by atoms with Gasteiger partial charge < -0.3 is 18.6 Å². The zero-order valence-corrected chi connectivity index (χ0v) is 45.3. The number of fused-ring (bicyclic) bond motifs is 10. The van der Waals surface area contributed by atoms with Crippen LogP contribution in [0.5, 0.6) is 0 Å². The second kappa shape index (κ2) is 17.6. The number of furan rings is 2. The molecule has 4 nitrogen and oxygen atoms in total. The summed E-state index contributed by atoms with van der Waals surface area (Å²) in [5, 5.41) is 4.51. The van der Waals surface area contributed by atoms with Crippen molar-refractivity contribution in [1.82, 2.24) is 0 Å². The quantitative estimate of drug-likeness (QED) is 0.155. The molecular formula is C74H57BN2O2. The van der Waals surface area contributed by atoms with E-state index in [-0.39, 0.29) is 17.5 Å². The van der Waals surface area contributed by atoms with Crippen molar-refractivity contribution < 1.29 is 8.83 Å². The summed E-state index contributed by atoms with van der Waals surface area (Å²) < 4.78 is 12.9. The third-order valence-corrected chi connectivity index (χ3v) is 16.8. The van der Waals surface area contributed by atoms with E-state index in [9.17, 15) is 0 Å². The summed E-state index contributed by atoms with van der Waals surface area (Å²) in [6, 6.07) is 87.3. The van der Waals surface area contributed by atoms with Gasteiger partial charge in [0.25, 0.3) is 6.71 Å². The third-order valence-electron chi connectivity index (χ3n) is 16.8. The first kappa shape index (κ1) is 46.9. The molecule has 11 aromatic carbocycles. The molecule has 0 aliphatic carbocycles. The van der Waals surface area contributed by atoms with Gasteiger partial charge in [0.05, 0.1) is 5.69 Å². The highest BCUT2D eigenvalue weighted by Gasteiger charge is 2.45. The predicted octanol–water partition coefficient (Wildman–Crippen LogP) is 18.8. The van der Waals surface area contributed by atoms with E-state index in [1.165, 1.54) is 66.8 Å². The van der Waals surface area contributed by atoms with Crippen LogP contribution in [0.3, 0.4) is 0 Å². The van der Waals surface area contributed by atoms with Crippen molar-refractivity contribution in [3.8, 4) is 44.5 Å². The second-order valence-corrected chi connectivity index (χ2v) is 23.6. The molecule has 0 radical (unpaired) electrons. The average molecular weight is 1020 g/mol. The van der Waals surface area contributed by atoms with Crippen molar-refractivity contribution in [1.29, 1.82) is 0 Å². The summed E-state index contributed by atoms with van der Waals surface area (Å²) in [5.41, 5.74) is 25.9. The molecule has 2 aliphatic heterocycles. The zero-order chi connectivity index (χ0) is 53.3. The zero-order valence-electron chi connectivity index (χ0n) is 45.3. The largest absolute Gasteiger partial charge is 0.456 e. The van der Waals surface area contributed by atoms with Gasteiger partial charge in [-0.25, -0.2) is 0 Å². The summed E-state index contributed by atoms with van der Waals surface area (Å²) in [5.74, 6) is 0. The van der Waals surface area contributed by atoms with Crippen molar-refractivity contribution in [3.05, 3.63) is 248 Å². The van der Waals surface area contributed by atoms with Crippen LogP contribution in [0.15, 0.2) is 245 Å². The molecule has 5 heteroatoms. The van der Waals surface area contributed by atoms with E-state index in [4.69, 9.17) is 8.83 Å². The summed E-state index contributed by atoms with van der Waals surface area (Å²) in [6.07, 6.45) is 0. The van der Waals surface area contributed by atoms with Gasteiger partial charge >= 0.3 is 0 Å². The molecule has 2 aromatic heterocycles. The van der Waals surface area contributed by atoms with Crippen molar-refractivity contribution >= 4 is 101 Å². The maximum atomic E-state index is 6.54. The van der Waals surface area contributed by atoms with Crippen LogP contribution in [0.2, 0.25) is 0 Å². The standard InChI is InChI=1S/C74H57BN2O2/c1-73(2,3)51-35-40-63-60(43-51)75-59-42-50(55-26-18-30-69-71(55)57-24-14-16-28-67(57)79-69)34-39-62(59)76(53-36-31-48(32-37-53)54-25-17-29-68-70(54)56-23-13-15-27-66(56)78-68)64-44-52(74(4,5)6)45-65(72(64)75)77(63)61-38-33-49(46-19-9-7-10-20-46)41-58(61)47-21-11-8-12-22-47/h7-45H,1-6H3. The fourth-order valence-electron chi connectivity index (χ4n) is 12.8. The topological polar surface area (TPSA) is 32.8 Å². The number of nitrogens with zero attached hydrogens (tertiary/aromatic N) is 2. The third kappa shape index (κ3) is 7.51. The Morgan fingerprint density at radius 1 is 0.316 bits per heavy atom. The van der Waals surface area contributed by atoms with Gasteiger partial charge in [0, 0.05) is 55.5 Å². The molecule has 0 atom stereocenters. The van der Waals surface area contributed by atoms with E-state index < -0.39 is 0 Å². The molecule has 0 amide bonds. The van der Waals surface area contributed by atoms with E-state index in [2.05, 4.69) is 282 Å². The fourth-order valence-corrected chi connectivity index (χ4v) is 12.8. The average Bonchev–Trinajstić information content (AvgIpc) is 4.23. The first-order valence-corrected chi connectivity index (χ1v) is 27.7. The summed E-state index contributed by atoms with van der Waals surface area (Å²) in [7, 11) is 0. The Labute approximate surface area is 461 Å². The second-order valence-electron chi connectivity index (χ2n) is 23.6. The van der Waals surface area contributed by atoms with E-state index in [0.29, 0.717) is 0 Å². The maximum absolute atomic E-state index is 6.54. The van der Waals surface area contributed by atoms with Gasteiger partial charge in [-0.15, -0.1) is 0 Å². The van der Waals surface area contributed by atoms with Gasteiger partial charge in [-0.2, -0.15) is 0 Å². The van der Waals surface area contributed by atoms with Gasteiger partial charge in [0.2, 0.25) is 0 Å². The lowest BCUT2D eigenvalue weighted by atomic mass is 9.33. The lowest BCUT2D eigenvalue weighted by Crippen LogP contribution is -2.61. The van der Waals surface area contributed by atoms with Crippen LogP contribution in [-0.4, -0.2) is 6.71 Å². The Morgan fingerprint density at radius 3 is 1.43 bits per heavy atom. The number of rotatable bonds is 6. The summed E-state index contributed by atoms with van der Waals surface area (Å²) in [4.78, 5) is 5.16. The Bertz CT molecular complexity index is 4570. The number of anilines is 6. The molecule has 79 heavy (non-hydrogen) atoms. The molecule has 0 saturated carbocycles. The smallest absolute Gasteiger partial charge is 0.252 e. The van der Waals surface area contributed by atoms with E-state index in [1.807, 2.05) is 6.07 Å². The first-order valence-electron chi connectivity index (χ1n) is 27.7. The van der Waals surface area contributed by atoms with E-state index >= 15 is 0 Å². The maximum Gasteiger partial charge on any atom is 0.252 e. The van der Waals surface area contributed by atoms with Crippen molar-refractivity contribution in [2.45, 2.75) is 52.4 Å². The first-order chi connectivity index (χ1) is 38.4. The highest BCUT2D eigenvalue weighted by Crippen LogP contribution is 2.50. The highest BCUT2D eigenvalue weighted by molar-refractivity contribution is 7.00. The van der Waals surface area contributed by atoms with Crippen LogP contribution in [0, 0.1) is 0 Å². The van der Waals surface area contributed by atoms with Crippen LogP contribution >= 0.6 is 0 Å². The minimum atomic E-state index is -0.194. The number of hydrogen-bond donors (Lipinski definition) is 0. The molecular weight excluding hydrogens is 960 g/mol. The van der Waals surface area contributed by atoms with Crippen LogP contribution in [0.4, 0.5) is 34.1 Å². The van der Waals surface area contributed by atoms with E-state index in [0.717, 1.165) is 83.2 Å². The lowest BCUT2D eigenvalue weighted by Gasteiger charge is -2.46. The van der Waals surface area contributed by atoms with Gasteiger partial charge in [-0.05, 0) is 150 Å². The number of para-hydroxylation sites is 2. The number of hydrogen-bond acceptors (Lipinski definition) is 4. The molecule has 13 aromatic rings. The van der Waals surface area contributed by atoms with E-state index in [1.54, 1.807) is 0 Å². The number of benzene rings is 11. The molecule has 0 spiro atoms. The molecule has 0 N–H and O–H groups in total. The summed E-state index contributed by atoms with van der Waals surface area (Å²) >= 11 is 0. The minimum absolute atomic E-state index is 0.107. The van der Waals surface area contributed by atoms with Gasteiger partial charge in [-0.1, -0.05) is 205 Å². The van der Waals surface area contributed by atoms with Gasteiger partial charge in [-0.3, -0.25) is 0 Å². The van der Waals surface area contributed by atoms with Crippen molar-refractivity contribution in [3.63, 3.8) is 0 Å². The van der Waals surface area contributed by atoms with Gasteiger partial charge in [0.1, 0.15) is 22.3 Å².